The molecule has 28 heavy (non-hydrogen) atoms. The van der Waals surface area contributed by atoms with E-state index >= 15 is 0 Å². The van der Waals surface area contributed by atoms with E-state index in [2.05, 4.69) is 55.7 Å². The quantitative estimate of drug-likeness (QED) is 0.645. The summed E-state index contributed by atoms with van der Waals surface area (Å²) in [6, 6.07) is 21.0. The molecule has 0 aromatic heterocycles. The molecule has 150 valence electrons. The molecule has 2 unspecified atom stereocenters. The van der Waals surface area contributed by atoms with Crippen LogP contribution in [0.5, 0.6) is 0 Å². The number of hydrogen-bond donors (Lipinski definition) is 2. The minimum atomic E-state index is -0.0935. The van der Waals surface area contributed by atoms with Gasteiger partial charge in [-0.05, 0) is 37.4 Å². The Hall–Kier alpha value is -2.17. The number of nitrogens with zero attached hydrogens (tertiary/aromatic N) is 1. The summed E-state index contributed by atoms with van der Waals surface area (Å²) in [5, 5.41) is 6.97. The SMILES string of the molecule is CC(C)NCCCCC1NC(C)N(C(c2ccccc2)c2ccccc2)C1=O. The number of hydrogen-bond acceptors (Lipinski definition) is 3. The molecule has 4 heteroatoms. The van der Waals surface area contributed by atoms with Crippen molar-refractivity contribution in [2.75, 3.05) is 6.54 Å². The van der Waals surface area contributed by atoms with Crippen LogP contribution in [-0.4, -0.2) is 35.6 Å². The molecule has 1 aliphatic heterocycles. The molecule has 2 aromatic rings. The molecule has 0 aliphatic carbocycles. The van der Waals surface area contributed by atoms with Crippen LogP contribution in [0.4, 0.5) is 0 Å². The smallest absolute Gasteiger partial charge is 0.241 e. The zero-order valence-corrected chi connectivity index (χ0v) is 17.3. The first-order chi connectivity index (χ1) is 13.6. The first kappa shape index (κ1) is 20.6. The highest BCUT2D eigenvalue weighted by Gasteiger charge is 2.40. The van der Waals surface area contributed by atoms with E-state index in [0.29, 0.717) is 6.04 Å². The third-order valence-corrected chi connectivity index (χ3v) is 5.39. The van der Waals surface area contributed by atoms with Gasteiger partial charge in [0.2, 0.25) is 5.91 Å². The molecule has 1 heterocycles. The fourth-order valence-electron chi connectivity index (χ4n) is 4.02. The summed E-state index contributed by atoms with van der Waals surface area (Å²) in [6.07, 6.45) is 3.04. The van der Waals surface area contributed by atoms with Crippen molar-refractivity contribution in [2.24, 2.45) is 0 Å². The molecule has 0 spiro atoms. The molecular weight excluding hydrogens is 346 g/mol. The first-order valence-electron chi connectivity index (χ1n) is 10.5. The first-order valence-corrected chi connectivity index (χ1v) is 10.5. The summed E-state index contributed by atoms with van der Waals surface area (Å²) in [7, 11) is 0. The molecule has 1 fully saturated rings. The average molecular weight is 380 g/mol. The van der Waals surface area contributed by atoms with E-state index in [9.17, 15) is 4.79 Å². The predicted molar refractivity (Wildman–Crippen MR) is 115 cm³/mol. The lowest BCUT2D eigenvalue weighted by atomic mass is 9.96. The van der Waals surface area contributed by atoms with E-state index in [1.807, 2.05) is 41.3 Å². The van der Waals surface area contributed by atoms with Gasteiger partial charge in [-0.2, -0.15) is 0 Å². The molecule has 3 rings (SSSR count). The Morgan fingerprint density at radius 1 is 0.964 bits per heavy atom. The average Bonchev–Trinajstić information content (AvgIpc) is 2.97. The number of carbonyl (C=O) groups excluding carboxylic acids is 1. The number of carbonyl (C=O) groups is 1. The van der Waals surface area contributed by atoms with Crippen molar-refractivity contribution in [1.29, 1.82) is 0 Å². The van der Waals surface area contributed by atoms with E-state index in [1.54, 1.807) is 0 Å². The second kappa shape index (κ2) is 9.85. The number of nitrogens with one attached hydrogen (secondary N) is 2. The Morgan fingerprint density at radius 2 is 1.54 bits per heavy atom. The fraction of sp³-hybridized carbons (Fsp3) is 0.458. The van der Waals surface area contributed by atoms with Crippen LogP contribution in [-0.2, 0) is 4.79 Å². The van der Waals surface area contributed by atoms with Crippen LogP contribution in [0.1, 0.15) is 57.2 Å². The van der Waals surface area contributed by atoms with Gasteiger partial charge in [-0.25, -0.2) is 0 Å². The predicted octanol–water partition coefficient (Wildman–Crippen LogP) is 4.09. The molecule has 2 aromatic carbocycles. The van der Waals surface area contributed by atoms with Gasteiger partial charge >= 0.3 is 0 Å². The van der Waals surface area contributed by atoms with Crippen molar-refractivity contribution in [3.63, 3.8) is 0 Å². The standard InChI is InChI=1S/C24H33N3O/c1-18(2)25-17-11-10-16-22-24(28)27(19(3)26-22)23(20-12-6-4-7-13-20)21-14-8-5-9-15-21/h4-9,12-15,18-19,22-23,25-26H,10-11,16-17H2,1-3H3. The van der Waals surface area contributed by atoms with Crippen molar-refractivity contribution in [3.05, 3.63) is 71.8 Å². The van der Waals surface area contributed by atoms with Crippen LogP contribution >= 0.6 is 0 Å². The van der Waals surface area contributed by atoms with Crippen LogP contribution in [0, 0.1) is 0 Å². The molecule has 2 atom stereocenters. The molecule has 0 saturated carbocycles. The molecule has 2 N–H and O–H groups in total. The molecule has 0 bridgehead atoms. The monoisotopic (exact) mass is 379 g/mol. The molecule has 1 amide bonds. The van der Waals surface area contributed by atoms with E-state index < -0.39 is 0 Å². The van der Waals surface area contributed by atoms with E-state index in [0.717, 1.165) is 36.9 Å². The summed E-state index contributed by atoms with van der Waals surface area (Å²) in [5.74, 6) is 0.210. The van der Waals surface area contributed by atoms with Crippen molar-refractivity contribution in [1.82, 2.24) is 15.5 Å². The summed E-state index contributed by atoms with van der Waals surface area (Å²) in [4.78, 5) is 15.4. The lowest BCUT2D eigenvalue weighted by Gasteiger charge is -2.32. The highest BCUT2D eigenvalue weighted by Crippen LogP contribution is 2.33. The second-order valence-corrected chi connectivity index (χ2v) is 7.97. The molecule has 4 nitrogen and oxygen atoms in total. The van der Waals surface area contributed by atoms with Gasteiger partial charge in [0.15, 0.2) is 0 Å². The van der Waals surface area contributed by atoms with Gasteiger partial charge in [0.25, 0.3) is 0 Å². The van der Waals surface area contributed by atoms with E-state index in [1.165, 1.54) is 0 Å². The van der Waals surface area contributed by atoms with Gasteiger partial charge in [0.05, 0.1) is 18.2 Å². The topological polar surface area (TPSA) is 44.4 Å². The minimum Gasteiger partial charge on any atom is -0.315 e. The van der Waals surface area contributed by atoms with E-state index in [-0.39, 0.29) is 24.2 Å². The van der Waals surface area contributed by atoms with Gasteiger partial charge in [-0.3, -0.25) is 10.1 Å². The highest BCUT2D eigenvalue weighted by atomic mass is 16.2. The van der Waals surface area contributed by atoms with E-state index in [4.69, 9.17) is 0 Å². The highest BCUT2D eigenvalue weighted by molar-refractivity contribution is 5.85. The Kier molecular flexibility index (Phi) is 7.24. The second-order valence-electron chi connectivity index (χ2n) is 7.97. The number of benzene rings is 2. The van der Waals surface area contributed by atoms with Gasteiger partial charge in [-0.15, -0.1) is 0 Å². The molecule has 1 aliphatic rings. The van der Waals surface area contributed by atoms with Crippen molar-refractivity contribution in [2.45, 2.75) is 64.3 Å². The van der Waals surface area contributed by atoms with Gasteiger partial charge in [0, 0.05) is 6.04 Å². The zero-order chi connectivity index (χ0) is 19.9. The lowest BCUT2D eigenvalue weighted by Crippen LogP contribution is -2.38. The van der Waals surface area contributed by atoms with Crippen molar-refractivity contribution < 1.29 is 4.79 Å². The summed E-state index contributed by atoms with van der Waals surface area (Å²) in [5.41, 5.74) is 2.30. The summed E-state index contributed by atoms with van der Waals surface area (Å²) < 4.78 is 0. The zero-order valence-electron chi connectivity index (χ0n) is 17.3. The number of rotatable bonds is 9. The molecule has 0 radical (unpaired) electrons. The maximum Gasteiger partial charge on any atom is 0.241 e. The van der Waals surface area contributed by atoms with Gasteiger partial charge in [0.1, 0.15) is 0 Å². The Labute approximate surface area is 169 Å². The summed E-state index contributed by atoms with van der Waals surface area (Å²) >= 11 is 0. The maximum absolute atomic E-state index is 13.3. The third kappa shape index (κ3) is 5.00. The van der Waals surface area contributed by atoms with Crippen LogP contribution in [0.3, 0.4) is 0 Å². The van der Waals surface area contributed by atoms with Crippen LogP contribution < -0.4 is 10.6 Å². The maximum atomic E-state index is 13.3. The van der Waals surface area contributed by atoms with Gasteiger partial charge in [-0.1, -0.05) is 80.9 Å². The Balaban J connectivity index is 1.73. The summed E-state index contributed by atoms with van der Waals surface area (Å²) in [6.45, 7) is 7.43. The van der Waals surface area contributed by atoms with Crippen LogP contribution in [0.25, 0.3) is 0 Å². The largest absolute Gasteiger partial charge is 0.315 e. The van der Waals surface area contributed by atoms with Gasteiger partial charge < -0.3 is 10.2 Å². The Morgan fingerprint density at radius 3 is 2.07 bits per heavy atom. The van der Waals surface area contributed by atoms with Crippen molar-refractivity contribution in [3.8, 4) is 0 Å². The van der Waals surface area contributed by atoms with Crippen LogP contribution in [0.2, 0.25) is 0 Å². The Bertz CT molecular complexity index is 693. The molecule has 1 saturated heterocycles. The van der Waals surface area contributed by atoms with Crippen LogP contribution in [0.15, 0.2) is 60.7 Å². The normalized spacial score (nSPS) is 19.8. The number of amides is 1. The fourth-order valence-corrected chi connectivity index (χ4v) is 4.02. The lowest BCUT2D eigenvalue weighted by molar-refractivity contribution is -0.131. The third-order valence-electron chi connectivity index (χ3n) is 5.39. The minimum absolute atomic E-state index is 0.0108. The molecular formula is C24H33N3O. The van der Waals surface area contributed by atoms with Crippen molar-refractivity contribution >= 4 is 5.91 Å². The number of unbranched alkanes of at least 4 members (excludes halogenated alkanes) is 1.